The molecule has 0 aliphatic carbocycles. The van der Waals surface area contributed by atoms with Crippen LogP contribution in [0.3, 0.4) is 0 Å². The van der Waals surface area contributed by atoms with E-state index < -0.39 is 44.2 Å². The molecule has 0 aliphatic heterocycles. The summed E-state index contributed by atoms with van der Waals surface area (Å²) >= 11 is 0. The lowest BCUT2D eigenvalue weighted by atomic mass is 10.1. The van der Waals surface area contributed by atoms with Gasteiger partial charge in [0.2, 0.25) is 0 Å². The summed E-state index contributed by atoms with van der Waals surface area (Å²) in [7, 11) is -4.87. The minimum Gasteiger partial charge on any atom is -0.264 e. The number of nitrogens with zero attached hydrogens (tertiary/aromatic N) is 1. The van der Waals surface area contributed by atoms with Crippen LogP contribution in [0, 0.1) is 0 Å². The van der Waals surface area contributed by atoms with E-state index in [1.54, 1.807) is 6.92 Å². The van der Waals surface area contributed by atoms with Crippen LogP contribution in [-0.4, -0.2) is 20.3 Å². The van der Waals surface area contributed by atoms with E-state index in [9.17, 15) is 34.8 Å². The Morgan fingerprint density at radius 1 is 1.00 bits per heavy atom. The van der Waals surface area contributed by atoms with Gasteiger partial charge in [0.25, 0.3) is 0 Å². The molecule has 154 valence electrons. The molecule has 1 aromatic rings. The molecule has 1 rings (SSSR count). The summed E-state index contributed by atoms with van der Waals surface area (Å²) in [5.41, 5.74) is -3.23. The van der Waals surface area contributed by atoms with Crippen molar-refractivity contribution in [2.75, 3.05) is 0 Å². The van der Waals surface area contributed by atoms with Crippen molar-refractivity contribution in [1.82, 2.24) is 0 Å². The second-order valence-electron chi connectivity index (χ2n) is 5.14. The first-order chi connectivity index (χ1) is 12.8. The number of hydrogen-bond donors (Lipinski definition) is 0. The predicted octanol–water partition coefficient (Wildman–Crippen LogP) is 5.41. The van der Waals surface area contributed by atoms with Crippen LogP contribution in [0.1, 0.15) is 19.4 Å². The lowest BCUT2D eigenvalue weighted by Crippen LogP contribution is -2.25. The molecule has 0 bridgehead atoms. The van der Waals surface area contributed by atoms with Crippen molar-refractivity contribution < 1.29 is 39.0 Å². The highest BCUT2D eigenvalue weighted by molar-refractivity contribution is 7.86. The van der Waals surface area contributed by atoms with Crippen molar-refractivity contribution in [3.63, 3.8) is 0 Å². The molecule has 0 unspecified atom stereocenters. The molecule has 0 aliphatic rings. The molecule has 11 heteroatoms. The van der Waals surface area contributed by atoms with Gasteiger partial charge < -0.3 is 0 Å². The molecule has 0 heterocycles. The molecule has 0 radical (unpaired) electrons. The first kappa shape index (κ1) is 23.5. The highest BCUT2D eigenvalue weighted by Crippen LogP contribution is 2.30. The van der Waals surface area contributed by atoms with Crippen molar-refractivity contribution in [1.29, 1.82) is 0 Å². The average Bonchev–Trinajstić information content (AvgIpc) is 2.57. The maximum Gasteiger partial charge on any atom is 0.437 e. The highest BCUT2D eigenvalue weighted by Gasteiger charge is 2.39. The maximum atomic E-state index is 13.3. The fourth-order valence-electron chi connectivity index (χ4n) is 1.80. The molecule has 0 saturated carbocycles. The van der Waals surface area contributed by atoms with Crippen LogP contribution in [-0.2, 0) is 20.6 Å². The maximum absolute atomic E-state index is 13.3. The van der Waals surface area contributed by atoms with Crippen molar-refractivity contribution in [2.24, 2.45) is 5.16 Å². The van der Waals surface area contributed by atoms with Crippen molar-refractivity contribution in [3.8, 4) is 0 Å². The summed E-state index contributed by atoms with van der Waals surface area (Å²) in [6.07, 6.45) is -3.67. The first-order valence-corrected chi connectivity index (χ1v) is 8.96. The zero-order chi connectivity index (χ0) is 21.6. The van der Waals surface area contributed by atoms with E-state index in [1.165, 1.54) is 25.2 Å². The van der Waals surface area contributed by atoms with Gasteiger partial charge in [0.1, 0.15) is 4.90 Å². The zero-order valence-corrected chi connectivity index (χ0v) is 15.4. The lowest BCUT2D eigenvalue weighted by molar-refractivity contribution is -0.137. The number of oxime groups is 1. The van der Waals surface area contributed by atoms with Gasteiger partial charge in [-0.2, -0.15) is 34.8 Å². The van der Waals surface area contributed by atoms with E-state index >= 15 is 0 Å². The Morgan fingerprint density at radius 3 is 2.00 bits per heavy atom. The van der Waals surface area contributed by atoms with Gasteiger partial charge in [-0.3, -0.25) is 4.28 Å². The Kier molecular flexibility index (Phi) is 7.62. The molecule has 0 aromatic heterocycles. The van der Waals surface area contributed by atoms with Crippen molar-refractivity contribution in [3.05, 3.63) is 65.8 Å². The fourth-order valence-corrected chi connectivity index (χ4v) is 2.53. The van der Waals surface area contributed by atoms with E-state index in [4.69, 9.17) is 0 Å². The van der Waals surface area contributed by atoms with Gasteiger partial charge in [-0.15, -0.1) is 0 Å². The minimum atomic E-state index is -5.05. The van der Waals surface area contributed by atoms with Gasteiger partial charge in [0, 0.05) is 5.57 Å². The molecule has 4 nitrogen and oxygen atoms in total. The van der Waals surface area contributed by atoms with Gasteiger partial charge in [0.05, 0.1) is 5.56 Å². The molecule has 1 aromatic carbocycles. The summed E-state index contributed by atoms with van der Waals surface area (Å²) in [6, 6.07) is 2.04. The van der Waals surface area contributed by atoms with Gasteiger partial charge in [-0.25, -0.2) is 0 Å². The van der Waals surface area contributed by atoms with Crippen LogP contribution < -0.4 is 0 Å². The molecule has 0 saturated heterocycles. The second-order valence-corrected chi connectivity index (χ2v) is 6.66. The third-order valence-electron chi connectivity index (χ3n) is 3.05. The van der Waals surface area contributed by atoms with Gasteiger partial charge >= 0.3 is 22.5 Å². The number of benzene rings is 1. The van der Waals surface area contributed by atoms with Gasteiger partial charge in [-0.05, 0) is 38.1 Å². The van der Waals surface area contributed by atoms with Crippen LogP contribution in [0.4, 0.5) is 26.3 Å². The van der Waals surface area contributed by atoms with E-state index in [0.29, 0.717) is 24.3 Å². The molecule has 0 N–H and O–H groups in total. The zero-order valence-electron chi connectivity index (χ0n) is 14.5. The lowest BCUT2D eigenvalue weighted by Gasteiger charge is -2.11. The molecule has 0 amide bonds. The standard InChI is InChI=1S/C17H15F6NO3S/c1-3-5-7-12(6-4-2)15(17(21,22)23)24-27-28(25,26)14-10-8-13(9-11-14)16(18,19)20/h3-11H,1-2H3/b5-3+,6-4-,12-7+,24-15-. The largest absolute Gasteiger partial charge is 0.437 e. The van der Waals surface area contributed by atoms with Gasteiger partial charge in [-0.1, -0.05) is 35.5 Å². The summed E-state index contributed by atoms with van der Waals surface area (Å²) in [5.74, 6) is 0. The topological polar surface area (TPSA) is 55.7 Å². The molecule has 28 heavy (non-hydrogen) atoms. The monoisotopic (exact) mass is 427 g/mol. The Balaban J connectivity index is 3.30. The normalized spacial score (nSPS) is 14.9. The summed E-state index contributed by atoms with van der Waals surface area (Å²) in [5, 5.41) is 2.71. The predicted molar refractivity (Wildman–Crippen MR) is 90.9 cm³/mol. The highest BCUT2D eigenvalue weighted by atomic mass is 32.2. The van der Waals surface area contributed by atoms with Crippen molar-refractivity contribution >= 4 is 15.8 Å². The number of allylic oxidation sites excluding steroid dienone is 6. The van der Waals surface area contributed by atoms with Crippen LogP contribution in [0.15, 0.2) is 70.3 Å². The Labute approximate surface area is 157 Å². The Morgan fingerprint density at radius 2 is 1.57 bits per heavy atom. The van der Waals surface area contributed by atoms with Crippen LogP contribution >= 0.6 is 0 Å². The quantitative estimate of drug-likeness (QED) is 0.264. The third kappa shape index (κ3) is 6.55. The molecule has 0 spiro atoms. The number of hydrogen-bond acceptors (Lipinski definition) is 4. The van der Waals surface area contributed by atoms with Crippen LogP contribution in [0.2, 0.25) is 0 Å². The molecular formula is C17H15F6NO3S. The smallest absolute Gasteiger partial charge is 0.264 e. The number of rotatable bonds is 6. The Bertz CT molecular complexity index is 892. The molecular weight excluding hydrogens is 412 g/mol. The summed E-state index contributed by atoms with van der Waals surface area (Å²) in [4.78, 5) is -0.782. The second kappa shape index (κ2) is 9.09. The van der Waals surface area contributed by atoms with E-state index in [1.807, 2.05) is 0 Å². The molecule has 0 fully saturated rings. The Hall–Kier alpha value is -2.56. The third-order valence-corrected chi connectivity index (χ3v) is 4.17. The van der Waals surface area contributed by atoms with Crippen molar-refractivity contribution in [2.45, 2.75) is 31.1 Å². The van der Waals surface area contributed by atoms with E-state index in [2.05, 4.69) is 9.44 Å². The minimum absolute atomic E-state index is 0.460. The number of alkyl halides is 6. The van der Waals surface area contributed by atoms with E-state index in [-0.39, 0.29) is 0 Å². The fraction of sp³-hybridized carbons (Fsp3) is 0.235. The van der Waals surface area contributed by atoms with Crippen LogP contribution in [0.25, 0.3) is 0 Å². The number of halogens is 6. The summed E-state index contributed by atoms with van der Waals surface area (Å²) in [6.45, 7) is 3.00. The van der Waals surface area contributed by atoms with Crippen LogP contribution in [0.5, 0.6) is 0 Å². The average molecular weight is 427 g/mol. The SMILES string of the molecule is C\C=C/C(=C\C=C\C)C(=N/OS(=O)(=O)c1ccc(C(F)(F)F)cc1)/C(F)(F)F. The summed E-state index contributed by atoms with van der Waals surface area (Å²) < 4.78 is 105. The molecule has 0 atom stereocenters. The van der Waals surface area contributed by atoms with E-state index in [0.717, 1.165) is 12.2 Å². The first-order valence-electron chi connectivity index (χ1n) is 7.55. The van der Waals surface area contributed by atoms with Gasteiger partial charge in [0.15, 0.2) is 5.71 Å².